The van der Waals surface area contributed by atoms with E-state index in [0.717, 1.165) is 38.5 Å². The number of hydrogen-bond donors (Lipinski definition) is 1. The summed E-state index contributed by atoms with van der Waals surface area (Å²) >= 11 is 0. The SMILES string of the molecule is CCCCOC(=O)c1c(OCCCC)ncc(O)c1OCCCC. The van der Waals surface area contributed by atoms with Gasteiger partial charge in [0, 0.05) is 0 Å². The first-order valence-electron chi connectivity index (χ1n) is 8.80. The fourth-order valence-electron chi connectivity index (χ4n) is 1.92. The molecule has 24 heavy (non-hydrogen) atoms. The molecule has 0 saturated carbocycles. The van der Waals surface area contributed by atoms with Crippen molar-refractivity contribution in [3.63, 3.8) is 0 Å². The molecule has 1 heterocycles. The third kappa shape index (κ3) is 6.26. The Labute approximate surface area is 144 Å². The molecule has 0 fully saturated rings. The molecule has 0 unspecified atom stereocenters. The van der Waals surface area contributed by atoms with E-state index in [9.17, 15) is 9.90 Å². The van der Waals surface area contributed by atoms with Crippen LogP contribution in [0.5, 0.6) is 17.4 Å². The van der Waals surface area contributed by atoms with Crippen LogP contribution in [0.3, 0.4) is 0 Å². The third-order valence-corrected chi connectivity index (χ3v) is 3.39. The third-order valence-electron chi connectivity index (χ3n) is 3.39. The number of aromatic nitrogens is 1. The molecule has 0 atom stereocenters. The first-order chi connectivity index (χ1) is 11.7. The Kier molecular flexibility index (Phi) is 9.65. The van der Waals surface area contributed by atoms with Crippen LogP contribution in [-0.4, -0.2) is 35.9 Å². The van der Waals surface area contributed by atoms with Gasteiger partial charge < -0.3 is 19.3 Å². The number of pyridine rings is 1. The molecule has 1 aromatic heterocycles. The maximum atomic E-state index is 12.4. The number of unbranched alkanes of at least 4 members (excludes halogenated alkanes) is 3. The van der Waals surface area contributed by atoms with Crippen LogP contribution in [0.15, 0.2) is 6.20 Å². The molecule has 0 saturated heterocycles. The highest BCUT2D eigenvalue weighted by Gasteiger charge is 2.25. The predicted molar refractivity (Wildman–Crippen MR) is 91.9 cm³/mol. The zero-order chi connectivity index (χ0) is 17.8. The maximum absolute atomic E-state index is 12.4. The van der Waals surface area contributed by atoms with Crippen LogP contribution in [-0.2, 0) is 4.74 Å². The molecule has 1 aromatic rings. The van der Waals surface area contributed by atoms with Crippen molar-refractivity contribution in [2.45, 2.75) is 59.3 Å². The van der Waals surface area contributed by atoms with Crippen molar-refractivity contribution in [1.29, 1.82) is 0 Å². The van der Waals surface area contributed by atoms with Crippen LogP contribution in [0, 0.1) is 0 Å². The van der Waals surface area contributed by atoms with Gasteiger partial charge >= 0.3 is 5.97 Å². The highest BCUT2D eigenvalue weighted by Crippen LogP contribution is 2.36. The molecular weight excluding hydrogens is 310 g/mol. The Hall–Kier alpha value is -1.98. The lowest BCUT2D eigenvalue weighted by Gasteiger charge is -2.15. The Morgan fingerprint density at radius 2 is 1.58 bits per heavy atom. The van der Waals surface area contributed by atoms with Gasteiger partial charge in [-0.3, -0.25) is 0 Å². The molecule has 0 amide bonds. The molecule has 0 radical (unpaired) electrons. The van der Waals surface area contributed by atoms with Gasteiger partial charge in [0.15, 0.2) is 17.1 Å². The molecule has 0 aliphatic carbocycles. The molecule has 1 N–H and O–H groups in total. The Bertz CT molecular complexity index is 504. The number of carbonyl (C=O) groups excluding carboxylic acids is 1. The molecule has 6 heteroatoms. The Balaban J connectivity index is 3.03. The van der Waals surface area contributed by atoms with Gasteiger partial charge in [-0.2, -0.15) is 0 Å². The van der Waals surface area contributed by atoms with E-state index in [-0.39, 0.29) is 22.9 Å². The molecule has 0 spiro atoms. The minimum Gasteiger partial charge on any atom is -0.503 e. The van der Waals surface area contributed by atoms with Crippen molar-refractivity contribution in [3.8, 4) is 17.4 Å². The fraction of sp³-hybridized carbons (Fsp3) is 0.667. The normalized spacial score (nSPS) is 10.5. The first kappa shape index (κ1) is 20.1. The molecule has 136 valence electrons. The summed E-state index contributed by atoms with van der Waals surface area (Å²) in [6, 6.07) is 0. The van der Waals surface area contributed by atoms with Gasteiger partial charge in [0.2, 0.25) is 5.88 Å². The molecule has 0 aromatic carbocycles. The highest BCUT2D eigenvalue weighted by molar-refractivity contribution is 5.96. The topological polar surface area (TPSA) is 77.9 Å². The number of nitrogens with zero attached hydrogens (tertiary/aromatic N) is 1. The number of carbonyl (C=O) groups is 1. The Morgan fingerprint density at radius 3 is 2.21 bits per heavy atom. The van der Waals surface area contributed by atoms with Gasteiger partial charge in [-0.25, -0.2) is 9.78 Å². The van der Waals surface area contributed by atoms with Crippen LogP contribution in [0.25, 0.3) is 0 Å². The lowest BCUT2D eigenvalue weighted by molar-refractivity contribution is 0.0487. The molecule has 0 aliphatic heterocycles. The van der Waals surface area contributed by atoms with Crippen molar-refractivity contribution < 1.29 is 24.1 Å². The lowest BCUT2D eigenvalue weighted by Crippen LogP contribution is -2.13. The molecule has 0 bridgehead atoms. The predicted octanol–water partition coefficient (Wildman–Crippen LogP) is 4.10. The molecule has 1 rings (SSSR count). The van der Waals surface area contributed by atoms with Crippen LogP contribution < -0.4 is 9.47 Å². The van der Waals surface area contributed by atoms with Gasteiger partial charge in [-0.05, 0) is 19.3 Å². The number of rotatable bonds is 12. The van der Waals surface area contributed by atoms with Gasteiger partial charge in [-0.1, -0.05) is 40.0 Å². The lowest BCUT2D eigenvalue weighted by atomic mass is 10.2. The van der Waals surface area contributed by atoms with E-state index < -0.39 is 5.97 Å². The smallest absolute Gasteiger partial charge is 0.347 e. The largest absolute Gasteiger partial charge is 0.503 e. The van der Waals surface area contributed by atoms with Crippen molar-refractivity contribution >= 4 is 5.97 Å². The van der Waals surface area contributed by atoms with Gasteiger partial charge in [-0.15, -0.1) is 0 Å². The Morgan fingerprint density at radius 1 is 1.00 bits per heavy atom. The van der Waals surface area contributed by atoms with E-state index in [2.05, 4.69) is 4.98 Å². The zero-order valence-electron chi connectivity index (χ0n) is 15.0. The van der Waals surface area contributed by atoms with Crippen LogP contribution >= 0.6 is 0 Å². The summed E-state index contributed by atoms with van der Waals surface area (Å²) < 4.78 is 16.5. The average Bonchev–Trinajstić information content (AvgIpc) is 2.57. The van der Waals surface area contributed by atoms with Gasteiger partial charge in [0.1, 0.15) is 0 Å². The standard InChI is InChI=1S/C18H29NO5/c1-4-7-10-22-16-14(20)13-19-17(23-11-8-5-2)15(16)18(21)24-12-9-6-3/h13,20H,4-12H2,1-3H3. The summed E-state index contributed by atoms with van der Waals surface area (Å²) in [6.07, 6.45) is 6.51. The second kappa shape index (κ2) is 11.5. The minimum absolute atomic E-state index is 0.0679. The second-order valence-electron chi connectivity index (χ2n) is 5.55. The van der Waals surface area contributed by atoms with Gasteiger partial charge in [0.25, 0.3) is 0 Å². The summed E-state index contributed by atoms with van der Waals surface area (Å²) in [5.41, 5.74) is 0.0679. The van der Waals surface area contributed by atoms with Crippen LogP contribution in [0.1, 0.15) is 69.7 Å². The quantitative estimate of drug-likeness (QED) is 0.456. The van der Waals surface area contributed by atoms with Crippen molar-refractivity contribution in [1.82, 2.24) is 4.98 Å². The summed E-state index contributed by atoms with van der Waals surface area (Å²) in [4.78, 5) is 16.5. The summed E-state index contributed by atoms with van der Waals surface area (Å²) in [7, 11) is 0. The highest BCUT2D eigenvalue weighted by atomic mass is 16.5. The van der Waals surface area contributed by atoms with E-state index in [1.54, 1.807) is 0 Å². The van der Waals surface area contributed by atoms with E-state index >= 15 is 0 Å². The van der Waals surface area contributed by atoms with Crippen molar-refractivity contribution in [3.05, 3.63) is 11.8 Å². The number of aromatic hydroxyl groups is 1. The summed E-state index contributed by atoms with van der Waals surface area (Å²) in [5, 5.41) is 10.1. The number of hydrogen-bond acceptors (Lipinski definition) is 6. The minimum atomic E-state index is -0.579. The van der Waals surface area contributed by atoms with E-state index in [1.807, 2.05) is 20.8 Å². The molecule has 6 nitrogen and oxygen atoms in total. The van der Waals surface area contributed by atoms with Crippen molar-refractivity contribution in [2.75, 3.05) is 19.8 Å². The van der Waals surface area contributed by atoms with E-state index in [1.165, 1.54) is 6.20 Å². The molecular formula is C18H29NO5. The second-order valence-corrected chi connectivity index (χ2v) is 5.55. The average molecular weight is 339 g/mol. The summed E-state index contributed by atoms with van der Waals surface area (Å²) in [6.45, 7) is 7.26. The van der Waals surface area contributed by atoms with Crippen LogP contribution in [0.4, 0.5) is 0 Å². The number of esters is 1. The van der Waals surface area contributed by atoms with Crippen molar-refractivity contribution in [2.24, 2.45) is 0 Å². The monoisotopic (exact) mass is 339 g/mol. The van der Waals surface area contributed by atoms with Crippen LogP contribution in [0.2, 0.25) is 0 Å². The van der Waals surface area contributed by atoms with E-state index in [0.29, 0.717) is 19.8 Å². The summed E-state index contributed by atoms with van der Waals surface area (Å²) in [5.74, 6) is -0.526. The zero-order valence-corrected chi connectivity index (χ0v) is 15.0. The fourth-order valence-corrected chi connectivity index (χ4v) is 1.92. The molecule has 0 aliphatic rings. The van der Waals surface area contributed by atoms with E-state index in [4.69, 9.17) is 14.2 Å². The maximum Gasteiger partial charge on any atom is 0.347 e. The first-order valence-corrected chi connectivity index (χ1v) is 8.80. The number of ether oxygens (including phenoxy) is 3. The van der Waals surface area contributed by atoms with Gasteiger partial charge in [0.05, 0.1) is 26.0 Å².